The number of fused-ring (bicyclic) bond motifs is 1. The highest BCUT2D eigenvalue weighted by Crippen LogP contribution is 2.39. The molecule has 188 valence electrons. The predicted molar refractivity (Wildman–Crippen MR) is 140 cm³/mol. The number of allylic oxidation sites excluding steroid dienone is 1. The van der Waals surface area contributed by atoms with Crippen molar-refractivity contribution in [2.75, 3.05) is 28.4 Å². The van der Waals surface area contributed by atoms with Gasteiger partial charge in [0.2, 0.25) is 5.69 Å². The molecule has 0 bridgehead atoms. The van der Waals surface area contributed by atoms with Gasteiger partial charge in [0, 0.05) is 23.4 Å². The number of nitrogens with zero attached hydrogens (tertiary/aromatic N) is 1. The molecule has 1 aromatic heterocycles. The number of methoxy groups -OCH3 is 4. The average molecular weight is 506 g/mol. The van der Waals surface area contributed by atoms with Gasteiger partial charge in [0.05, 0.1) is 39.4 Å². The SMILES string of the molecule is C=CCc1c(-c2ccc(OC)c(OC)c2)[n+](Cc2ccccc2)c(C)c2cc(OC)c(OC)cc12.[Cl-]. The van der Waals surface area contributed by atoms with Crippen molar-refractivity contribution in [2.24, 2.45) is 0 Å². The van der Waals surface area contributed by atoms with E-state index in [9.17, 15) is 0 Å². The first-order valence-electron chi connectivity index (χ1n) is 11.5. The monoisotopic (exact) mass is 505 g/mol. The van der Waals surface area contributed by atoms with Gasteiger partial charge in [0.1, 0.15) is 0 Å². The van der Waals surface area contributed by atoms with Crippen LogP contribution < -0.4 is 35.9 Å². The first-order valence-corrected chi connectivity index (χ1v) is 11.5. The number of aryl methyl sites for hydroxylation is 1. The third kappa shape index (κ3) is 4.98. The van der Waals surface area contributed by atoms with Gasteiger partial charge >= 0.3 is 0 Å². The van der Waals surface area contributed by atoms with Gasteiger partial charge in [-0.3, -0.25) is 0 Å². The summed E-state index contributed by atoms with van der Waals surface area (Å²) < 4.78 is 24.8. The molecule has 6 heteroatoms. The van der Waals surface area contributed by atoms with Crippen molar-refractivity contribution in [3.8, 4) is 34.3 Å². The number of pyridine rings is 1. The van der Waals surface area contributed by atoms with Gasteiger partial charge in [0.25, 0.3) is 0 Å². The molecular formula is C30H32ClNO4. The lowest BCUT2D eigenvalue weighted by Crippen LogP contribution is -3.00. The second kappa shape index (κ2) is 11.8. The maximum atomic E-state index is 5.66. The molecule has 3 aromatic carbocycles. The Hall–Kier alpha value is -3.70. The predicted octanol–water partition coefficient (Wildman–Crippen LogP) is 2.92. The van der Waals surface area contributed by atoms with Gasteiger partial charge in [0.15, 0.2) is 35.2 Å². The number of benzene rings is 3. The molecular weight excluding hydrogens is 474 g/mol. The Kier molecular flexibility index (Phi) is 8.83. The molecule has 1 heterocycles. The molecule has 0 radical (unpaired) electrons. The maximum Gasteiger partial charge on any atom is 0.217 e. The van der Waals surface area contributed by atoms with Gasteiger partial charge < -0.3 is 31.4 Å². The van der Waals surface area contributed by atoms with Crippen LogP contribution in [0.15, 0.2) is 73.3 Å². The normalized spacial score (nSPS) is 10.5. The van der Waals surface area contributed by atoms with Crippen LogP contribution in [0.25, 0.3) is 22.0 Å². The third-order valence-electron chi connectivity index (χ3n) is 6.39. The Labute approximate surface area is 219 Å². The van der Waals surface area contributed by atoms with Gasteiger partial charge in [-0.05, 0) is 36.8 Å². The van der Waals surface area contributed by atoms with Gasteiger partial charge in [-0.2, -0.15) is 4.57 Å². The zero-order valence-electron chi connectivity index (χ0n) is 21.4. The van der Waals surface area contributed by atoms with Crippen LogP contribution in [-0.2, 0) is 13.0 Å². The van der Waals surface area contributed by atoms with Crippen LogP contribution in [0.5, 0.6) is 23.0 Å². The molecule has 36 heavy (non-hydrogen) atoms. The third-order valence-corrected chi connectivity index (χ3v) is 6.39. The fourth-order valence-corrected chi connectivity index (χ4v) is 4.66. The number of hydrogen-bond acceptors (Lipinski definition) is 4. The quantitative estimate of drug-likeness (QED) is 0.259. The van der Waals surface area contributed by atoms with Crippen molar-refractivity contribution >= 4 is 10.8 Å². The largest absolute Gasteiger partial charge is 1.00 e. The molecule has 4 aromatic rings. The second-order valence-electron chi connectivity index (χ2n) is 8.30. The van der Waals surface area contributed by atoms with E-state index in [0.717, 1.165) is 33.3 Å². The lowest BCUT2D eigenvalue weighted by molar-refractivity contribution is -0.682. The summed E-state index contributed by atoms with van der Waals surface area (Å²) in [6.45, 7) is 6.93. The lowest BCUT2D eigenvalue weighted by atomic mass is 9.94. The smallest absolute Gasteiger partial charge is 0.217 e. The van der Waals surface area contributed by atoms with Crippen molar-refractivity contribution in [1.29, 1.82) is 0 Å². The van der Waals surface area contributed by atoms with Crippen molar-refractivity contribution < 1.29 is 35.9 Å². The molecule has 0 N–H and O–H groups in total. The summed E-state index contributed by atoms with van der Waals surface area (Å²) in [5.74, 6) is 2.78. The summed E-state index contributed by atoms with van der Waals surface area (Å²) in [5, 5.41) is 2.22. The van der Waals surface area contributed by atoms with Gasteiger partial charge in [-0.15, -0.1) is 6.58 Å². The summed E-state index contributed by atoms with van der Waals surface area (Å²) in [6, 6.07) is 20.7. The molecule has 5 nitrogen and oxygen atoms in total. The number of aromatic nitrogens is 1. The summed E-state index contributed by atoms with van der Waals surface area (Å²) in [4.78, 5) is 0. The van der Waals surface area contributed by atoms with E-state index in [1.54, 1.807) is 28.4 Å². The molecule has 0 fully saturated rings. The van der Waals surface area contributed by atoms with E-state index in [-0.39, 0.29) is 12.4 Å². The molecule has 0 atom stereocenters. The number of rotatable bonds is 9. The number of halogens is 1. The molecule has 0 amide bonds. The molecule has 4 rings (SSSR count). The second-order valence-corrected chi connectivity index (χ2v) is 8.30. The molecule has 0 saturated carbocycles. The highest BCUT2D eigenvalue weighted by atomic mass is 35.5. The Morgan fingerprint density at radius 1 is 0.750 bits per heavy atom. The lowest BCUT2D eigenvalue weighted by Gasteiger charge is -2.18. The Bertz CT molecular complexity index is 1370. The molecule has 0 aliphatic heterocycles. The Morgan fingerprint density at radius 3 is 1.92 bits per heavy atom. The van der Waals surface area contributed by atoms with E-state index >= 15 is 0 Å². The van der Waals surface area contributed by atoms with Gasteiger partial charge in [-0.1, -0.05) is 36.4 Å². The van der Waals surface area contributed by atoms with Crippen molar-refractivity contribution in [2.45, 2.75) is 19.9 Å². The molecule has 0 aliphatic rings. The van der Waals surface area contributed by atoms with Crippen LogP contribution in [0.4, 0.5) is 0 Å². The topological polar surface area (TPSA) is 40.8 Å². The summed E-state index contributed by atoms with van der Waals surface area (Å²) in [6.07, 6.45) is 2.63. The fraction of sp³-hybridized carbons (Fsp3) is 0.233. The van der Waals surface area contributed by atoms with Gasteiger partial charge in [-0.25, -0.2) is 0 Å². The van der Waals surface area contributed by atoms with E-state index < -0.39 is 0 Å². The van der Waals surface area contributed by atoms with Crippen molar-refractivity contribution in [3.63, 3.8) is 0 Å². The van der Waals surface area contributed by atoms with E-state index in [0.29, 0.717) is 36.0 Å². The minimum absolute atomic E-state index is 0. The highest BCUT2D eigenvalue weighted by Gasteiger charge is 2.28. The molecule has 0 saturated heterocycles. The zero-order valence-corrected chi connectivity index (χ0v) is 22.2. The Morgan fingerprint density at radius 2 is 1.33 bits per heavy atom. The van der Waals surface area contributed by atoms with E-state index in [2.05, 4.69) is 60.5 Å². The van der Waals surface area contributed by atoms with Crippen LogP contribution in [0.2, 0.25) is 0 Å². The van der Waals surface area contributed by atoms with Crippen LogP contribution in [-0.4, -0.2) is 28.4 Å². The van der Waals surface area contributed by atoms with E-state index in [1.165, 1.54) is 5.56 Å². The average Bonchev–Trinajstić information content (AvgIpc) is 2.90. The first kappa shape index (κ1) is 26.9. The molecule has 0 aliphatic carbocycles. The minimum atomic E-state index is 0. The number of ether oxygens (including phenoxy) is 4. The zero-order chi connectivity index (χ0) is 24.9. The van der Waals surface area contributed by atoms with E-state index in [4.69, 9.17) is 18.9 Å². The van der Waals surface area contributed by atoms with Crippen LogP contribution in [0.3, 0.4) is 0 Å². The summed E-state index contributed by atoms with van der Waals surface area (Å²) in [5.41, 5.74) is 5.64. The first-order chi connectivity index (χ1) is 17.1. The van der Waals surface area contributed by atoms with Crippen LogP contribution in [0, 0.1) is 6.92 Å². The minimum Gasteiger partial charge on any atom is -1.00 e. The standard InChI is InChI=1S/C30H32NO4.ClH/c1-7-11-23-25-18-29(35-6)28(34-5)17-24(25)20(2)31(19-21-12-9-8-10-13-21)30(23)22-14-15-26(32-3)27(16-22)33-4;/h7-10,12-18H,1,11,19H2,2-6H3;1H/q+1;/p-1. The maximum absolute atomic E-state index is 5.66. The molecule has 0 unspecified atom stereocenters. The van der Waals surface area contributed by atoms with Crippen molar-refractivity contribution in [3.05, 3.63) is 90.1 Å². The molecule has 0 spiro atoms. The van der Waals surface area contributed by atoms with Crippen LogP contribution in [0.1, 0.15) is 16.8 Å². The fourth-order valence-electron chi connectivity index (χ4n) is 4.66. The van der Waals surface area contributed by atoms with E-state index in [1.807, 2.05) is 24.3 Å². The summed E-state index contributed by atoms with van der Waals surface area (Å²) in [7, 11) is 6.64. The number of hydrogen-bond donors (Lipinski definition) is 0. The van der Waals surface area contributed by atoms with Crippen LogP contribution >= 0.6 is 0 Å². The highest BCUT2D eigenvalue weighted by molar-refractivity contribution is 5.93. The summed E-state index contributed by atoms with van der Waals surface area (Å²) >= 11 is 0. The van der Waals surface area contributed by atoms with Crippen molar-refractivity contribution in [1.82, 2.24) is 0 Å². The Balaban J connectivity index is 0.00000361.